The number of benzene rings is 1. The number of hydrogen-bond donors (Lipinski definition) is 1. The predicted octanol–water partition coefficient (Wildman–Crippen LogP) is 2.27. The summed E-state index contributed by atoms with van der Waals surface area (Å²) in [5.74, 6) is -1.54. The van der Waals surface area contributed by atoms with Crippen LogP contribution >= 0.6 is 0 Å². The Kier molecular flexibility index (Phi) is 3.99. The lowest BCUT2D eigenvalue weighted by Gasteiger charge is -2.17. The van der Waals surface area contributed by atoms with Crippen molar-refractivity contribution in [3.8, 4) is 0 Å². The third-order valence-corrected chi connectivity index (χ3v) is 3.43. The lowest BCUT2D eigenvalue weighted by atomic mass is 10.1. The maximum absolute atomic E-state index is 13.6. The molecule has 7 heteroatoms. The molecule has 2 rings (SSSR count). The Morgan fingerprint density at radius 1 is 1.40 bits per heavy atom. The van der Waals surface area contributed by atoms with E-state index in [1.54, 1.807) is 0 Å². The van der Waals surface area contributed by atoms with E-state index in [9.17, 15) is 22.4 Å². The van der Waals surface area contributed by atoms with E-state index in [0.717, 1.165) is 0 Å². The summed E-state index contributed by atoms with van der Waals surface area (Å²) in [4.78, 5) is 13.4. The normalized spacial score (nSPS) is 19.4. The molecule has 0 aromatic heterocycles. The average Bonchev–Trinajstić information content (AvgIpc) is 2.86. The zero-order valence-corrected chi connectivity index (χ0v) is 10.6. The van der Waals surface area contributed by atoms with Gasteiger partial charge in [-0.05, 0) is 37.1 Å². The van der Waals surface area contributed by atoms with Crippen LogP contribution in [0.2, 0.25) is 0 Å². The molecule has 1 aromatic rings. The number of carbonyl (C=O) groups excluding carboxylic acids is 1. The van der Waals surface area contributed by atoms with Crippen molar-refractivity contribution in [1.82, 2.24) is 4.90 Å². The van der Waals surface area contributed by atoms with E-state index in [4.69, 9.17) is 5.73 Å². The number of amides is 1. The highest BCUT2D eigenvalue weighted by Crippen LogP contribution is 2.31. The van der Waals surface area contributed by atoms with Gasteiger partial charge in [0.15, 0.2) is 0 Å². The van der Waals surface area contributed by atoms with Gasteiger partial charge in [0.25, 0.3) is 5.91 Å². The van der Waals surface area contributed by atoms with E-state index in [2.05, 4.69) is 0 Å². The van der Waals surface area contributed by atoms with Gasteiger partial charge >= 0.3 is 6.18 Å². The zero-order valence-electron chi connectivity index (χ0n) is 10.6. The topological polar surface area (TPSA) is 46.3 Å². The molecule has 3 nitrogen and oxygen atoms in total. The molecule has 0 radical (unpaired) electrons. The van der Waals surface area contributed by atoms with Crippen molar-refractivity contribution in [3.05, 3.63) is 35.1 Å². The van der Waals surface area contributed by atoms with Crippen molar-refractivity contribution < 1.29 is 22.4 Å². The molecule has 110 valence electrons. The molecule has 1 aliphatic heterocycles. The summed E-state index contributed by atoms with van der Waals surface area (Å²) < 4.78 is 51.4. The quantitative estimate of drug-likeness (QED) is 0.849. The van der Waals surface area contributed by atoms with Crippen molar-refractivity contribution in [2.24, 2.45) is 11.7 Å². The minimum atomic E-state index is -4.60. The van der Waals surface area contributed by atoms with Crippen molar-refractivity contribution in [2.75, 3.05) is 19.6 Å². The molecule has 1 aliphatic rings. The molecule has 1 heterocycles. The number of rotatable bonds is 2. The number of nitrogens with zero attached hydrogens (tertiary/aromatic N) is 1. The van der Waals surface area contributed by atoms with E-state index in [1.165, 1.54) is 4.90 Å². The van der Waals surface area contributed by atoms with E-state index in [0.29, 0.717) is 44.3 Å². The molecule has 0 aliphatic carbocycles. The summed E-state index contributed by atoms with van der Waals surface area (Å²) in [6.07, 6.45) is -3.92. The zero-order chi connectivity index (χ0) is 14.9. The molecule has 1 fully saturated rings. The number of carbonyl (C=O) groups is 1. The van der Waals surface area contributed by atoms with Gasteiger partial charge < -0.3 is 10.6 Å². The molecule has 1 amide bonds. The smallest absolute Gasteiger partial charge is 0.338 e. The molecule has 0 bridgehead atoms. The Bertz CT molecular complexity index is 516. The molecule has 1 aromatic carbocycles. The molecule has 0 spiro atoms. The van der Waals surface area contributed by atoms with Crippen molar-refractivity contribution in [3.63, 3.8) is 0 Å². The Labute approximate surface area is 113 Å². The van der Waals surface area contributed by atoms with Crippen LogP contribution in [0.15, 0.2) is 18.2 Å². The molecular weight excluding hydrogens is 276 g/mol. The Balaban J connectivity index is 2.26. The average molecular weight is 290 g/mol. The van der Waals surface area contributed by atoms with Crippen LogP contribution in [0.5, 0.6) is 0 Å². The van der Waals surface area contributed by atoms with E-state index >= 15 is 0 Å². The van der Waals surface area contributed by atoms with Gasteiger partial charge in [-0.1, -0.05) is 0 Å². The highest BCUT2D eigenvalue weighted by Gasteiger charge is 2.33. The predicted molar refractivity (Wildman–Crippen MR) is 64.5 cm³/mol. The minimum absolute atomic E-state index is 0.118. The van der Waals surface area contributed by atoms with Gasteiger partial charge in [0.2, 0.25) is 0 Å². The van der Waals surface area contributed by atoms with Gasteiger partial charge in [0.05, 0.1) is 11.1 Å². The SMILES string of the molecule is NCC1CCN(C(=O)c2cc(C(F)(F)F)ccc2F)C1. The van der Waals surface area contributed by atoms with Crippen LogP contribution in [-0.4, -0.2) is 30.4 Å². The van der Waals surface area contributed by atoms with E-state index in [-0.39, 0.29) is 5.92 Å². The summed E-state index contributed by atoms with van der Waals surface area (Å²) in [5, 5.41) is 0. The fraction of sp³-hybridized carbons (Fsp3) is 0.462. The molecule has 1 atom stereocenters. The summed E-state index contributed by atoms with van der Waals surface area (Å²) in [5.41, 5.74) is 3.91. The van der Waals surface area contributed by atoms with E-state index in [1.807, 2.05) is 0 Å². The fourth-order valence-electron chi connectivity index (χ4n) is 2.25. The first-order chi connectivity index (χ1) is 9.32. The number of alkyl halides is 3. The summed E-state index contributed by atoms with van der Waals surface area (Å²) in [6, 6.07) is 1.86. The largest absolute Gasteiger partial charge is 0.416 e. The summed E-state index contributed by atoms with van der Waals surface area (Å²) in [6.45, 7) is 1.14. The molecule has 2 N–H and O–H groups in total. The van der Waals surface area contributed by atoms with Gasteiger partial charge in [-0.25, -0.2) is 4.39 Å². The van der Waals surface area contributed by atoms with Gasteiger partial charge in [0, 0.05) is 13.1 Å². The lowest BCUT2D eigenvalue weighted by molar-refractivity contribution is -0.137. The van der Waals surface area contributed by atoms with Crippen LogP contribution in [0, 0.1) is 11.7 Å². The number of nitrogens with two attached hydrogens (primary N) is 1. The maximum Gasteiger partial charge on any atom is 0.416 e. The first kappa shape index (κ1) is 14.8. The lowest BCUT2D eigenvalue weighted by Crippen LogP contribution is -2.30. The second kappa shape index (κ2) is 5.40. The second-order valence-electron chi connectivity index (χ2n) is 4.83. The van der Waals surface area contributed by atoms with Crippen LogP contribution in [0.1, 0.15) is 22.3 Å². The maximum atomic E-state index is 13.6. The summed E-state index contributed by atoms with van der Waals surface area (Å²) in [7, 11) is 0. The van der Waals surface area contributed by atoms with Gasteiger partial charge in [0.1, 0.15) is 5.82 Å². The fourth-order valence-corrected chi connectivity index (χ4v) is 2.25. The Morgan fingerprint density at radius 2 is 2.10 bits per heavy atom. The Hall–Kier alpha value is -1.63. The molecule has 1 unspecified atom stereocenters. The first-order valence-corrected chi connectivity index (χ1v) is 6.19. The van der Waals surface area contributed by atoms with Crippen LogP contribution < -0.4 is 5.73 Å². The summed E-state index contributed by atoms with van der Waals surface area (Å²) >= 11 is 0. The third-order valence-electron chi connectivity index (χ3n) is 3.43. The highest BCUT2D eigenvalue weighted by molar-refractivity contribution is 5.94. The minimum Gasteiger partial charge on any atom is -0.338 e. The van der Waals surface area contributed by atoms with Crippen LogP contribution in [0.4, 0.5) is 17.6 Å². The van der Waals surface area contributed by atoms with Gasteiger partial charge in [-0.15, -0.1) is 0 Å². The standard InChI is InChI=1S/C13H14F4N2O/c14-11-2-1-9(13(15,16)17)5-10(11)12(20)19-4-3-8(6-18)7-19/h1-2,5,8H,3-4,6-7,18H2. The molecule has 0 saturated carbocycles. The van der Waals surface area contributed by atoms with Crippen LogP contribution in [0.3, 0.4) is 0 Å². The molecular formula is C13H14F4N2O. The van der Waals surface area contributed by atoms with Gasteiger partial charge in [-0.3, -0.25) is 4.79 Å². The monoisotopic (exact) mass is 290 g/mol. The highest BCUT2D eigenvalue weighted by atomic mass is 19.4. The number of likely N-dealkylation sites (tertiary alicyclic amines) is 1. The molecule has 20 heavy (non-hydrogen) atoms. The van der Waals surface area contributed by atoms with Crippen LogP contribution in [0.25, 0.3) is 0 Å². The van der Waals surface area contributed by atoms with Crippen molar-refractivity contribution in [1.29, 1.82) is 0 Å². The third kappa shape index (κ3) is 2.92. The number of hydrogen-bond acceptors (Lipinski definition) is 2. The Morgan fingerprint density at radius 3 is 2.65 bits per heavy atom. The first-order valence-electron chi connectivity index (χ1n) is 6.19. The second-order valence-corrected chi connectivity index (χ2v) is 4.83. The van der Waals surface area contributed by atoms with Gasteiger partial charge in [-0.2, -0.15) is 13.2 Å². The van der Waals surface area contributed by atoms with Crippen molar-refractivity contribution in [2.45, 2.75) is 12.6 Å². The number of halogens is 4. The molecule has 1 saturated heterocycles. The van der Waals surface area contributed by atoms with E-state index < -0.39 is 29.0 Å². The van der Waals surface area contributed by atoms with Crippen molar-refractivity contribution >= 4 is 5.91 Å². The van der Waals surface area contributed by atoms with Crippen LogP contribution in [-0.2, 0) is 6.18 Å².